The van der Waals surface area contributed by atoms with E-state index in [1.165, 1.54) is 5.56 Å². The Kier molecular flexibility index (Phi) is 6.02. The molecule has 0 heterocycles. The van der Waals surface area contributed by atoms with E-state index in [4.69, 9.17) is 4.74 Å². The molecule has 0 aliphatic heterocycles. The number of methoxy groups -OCH3 is 1. The molecule has 1 rings (SSSR count). The molecule has 1 atom stereocenters. The molecule has 0 amide bonds. The molecule has 0 saturated carbocycles. The van der Waals surface area contributed by atoms with E-state index in [1.54, 1.807) is 7.11 Å². The first-order valence-electron chi connectivity index (χ1n) is 6.39. The second-order valence-corrected chi connectivity index (χ2v) is 4.69. The number of ketones is 1. The maximum atomic E-state index is 12.1. The van der Waals surface area contributed by atoms with Crippen LogP contribution in [0.3, 0.4) is 0 Å². The van der Waals surface area contributed by atoms with Crippen LogP contribution >= 0.6 is 0 Å². The standard InChI is InChI=1S/C15H23NO2/c1-5-13-6-8-14(9-7-13)15(17)10-16(3)12(2)11-18-4/h6-9,12H,5,10-11H2,1-4H3. The average Bonchev–Trinajstić information content (AvgIpc) is 2.39. The number of aryl methyl sites for hydroxylation is 1. The molecule has 0 aromatic heterocycles. The van der Waals surface area contributed by atoms with Gasteiger partial charge in [-0.25, -0.2) is 0 Å². The van der Waals surface area contributed by atoms with Crippen LogP contribution < -0.4 is 0 Å². The third-order valence-electron chi connectivity index (χ3n) is 3.24. The Labute approximate surface area is 110 Å². The van der Waals surface area contributed by atoms with Gasteiger partial charge in [0, 0.05) is 18.7 Å². The first-order chi connectivity index (χ1) is 8.58. The minimum atomic E-state index is 0.156. The molecule has 0 aliphatic carbocycles. The first-order valence-corrected chi connectivity index (χ1v) is 6.39. The van der Waals surface area contributed by atoms with Crippen molar-refractivity contribution in [3.63, 3.8) is 0 Å². The summed E-state index contributed by atoms with van der Waals surface area (Å²) in [5.41, 5.74) is 2.04. The van der Waals surface area contributed by atoms with Gasteiger partial charge >= 0.3 is 0 Å². The minimum Gasteiger partial charge on any atom is -0.383 e. The summed E-state index contributed by atoms with van der Waals surface area (Å²) >= 11 is 0. The van der Waals surface area contributed by atoms with Gasteiger partial charge in [-0.3, -0.25) is 9.69 Å². The Morgan fingerprint density at radius 3 is 2.44 bits per heavy atom. The lowest BCUT2D eigenvalue weighted by Crippen LogP contribution is -2.36. The molecule has 0 bridgehead atoms. The predicted molar refractivity (Wildman–Crippen MR) is 74.1 cm³/mol. The third-order valence-corrected chi connectivity index (χ3v) is 3.24. The van der Waals surface area contributed by atoms with Crippen molar-refractivity contribution >= 4 is 5.78 Å². The van der Waals surface area contributed by atoms with E-state index < -0.39 is 0 Å². The van der Waals surface area contributed by atoms with E-state index in [-0.39, 0.29) is 11.8 Å². The lowest BCUT2D eigenvalue weighted by molar-refractivity contribution is 0.0841. The van der Waals surface area contributed by atoms with Crippen molar-refractivity contribution in [2.24, 2.45) is 0 Å². The van der Waals surface area contributed by atoms with E-state index in [9.17, 15) is 4.79 Å². The highest BCUT2D eigenvalue weighted by Crippen LogP contribution is 2.07. The minimum absolute atomic E-state index is 0.156. The highest BCUT2D eigenvalue weighted by Gasteiger charge is 2.14. The number of carbonyl (C=O) groups is 1. The summed E-state index contributed by atoms with van der Waals surface area (Å²) in [5, 5.41) is 0. The summed E-state index contributed by atoms with van der Waals surface area (Å²) in [6.45, 7) is 5.22. The van der Waals surface area contributed by atoms with Crippen LogP contribution in [0.4, 0.5) is 0 Å². The summed E-state index contributed by atoms with van der Waals surface area (Å²) in [5.74, 6) is 0.156. The fourth-order valence-electron chi connectivity index (χ4n) is 1.77. The van der Waals surface area contributed by atoms with Gasteiger partial charge in [-0.1, -0.05) is 31.2 Å². The molecule has 100 valence electrons. The molecule has 1 aromatic rings. The SMILES string of the molecule is CCc1ccc(C(=O)CN(C)C(C)COC)cc1. The fraction of sp³-hybridized carbons (Fsp3) is 0.533. The molecule has 1 aromatic carbocycles. The summed E-state index contributed by atoms with van der Waals surface area (Å²) in [6.07, 6.45) is 0.999. The first kappa shape index (κ1) is 14.9. The molecule has 0 fully saturated rings. The smallest absolute Gasteiger partial charge is 0.176 e. The van der Waals surface area contributed by atoms with E-state index in [0.29, 0.717) is 13.2 Å². The van der Waals surface area contributed by atoms with Crippen LogP contribution in [0.2, 0.25) is 0 Å². The highest BCUT2D eigenvalue weighted by atomic mass is 16.5. The Morgan fingerprint density at radius 1 is 1.33 bits per heavy atom. The second-order valence-electron chi connectivity index (χ2n) is 4.69. The zero-order valence-electron chi connectivity index (χ0n) is 11.8. The van der Waals surface area contributed by atoms with E-state index in [1.807, 2.05) is 36.2 Å². The normalized spacial score (nSPS) is 12.7. The van der Waals surface area contributed by atoms with Crippen molar-refractivity contribution in [3.05, 3.63) is 35.4 Å². The number of Topliss-reactive ketones (excluding diaryl/α,β-unsaturated/α-hetero) is 1. The molecular weight excluding hydrogens is 226 g/mol. The van der Waals surface area contributed by atoms with Crippen LogP contribution in [-0.4, -0.2) is 44.0 Å². The molecule has 0 saturated heterocycles. The van der Waals surface area contributed by atoms with E-state index in [2.05, 4.69) is 13.8 Å². The zero-order valence-corrected chi connectivity index (χ0v) is 11.8. The van der Waals surface area contributed by atoms with Gasteiger partial charge in [0.15, 0.2) is 5.78 Å². The number of rotatable bonds is 7. The van der Waals surface area contributed by atoms with Crippen molar-refractivity contribution in [1.82, 2.24) is 4.90 Å². The lowest BCUT2D eigenvalue weighted by atomic mass is 10.1. The van der Waals surface area contributed by atoms with Crippen molar-refractivity contribution in [2.45, 2.75) is 26.3 Å². The zero-order chi connectivity index (χ0) is 13.5. The number of benzene rings is 1. The van der Waals surface area contributed by atoms with Crippen LogP contribution in [0.25, 0.3) is 0 Å². The van der Waals surface area contributed by atoms with Crippen molar-refractivity contribution in [1.29, 1.82) is 0 Å². The quantitative estimate of drug-likeness (QED) is 0.695. The number of carbonyl (C=O) groups excluding carboxylic acids is 1. The van der Waals surface area contributed by atoms with Crippen LogP contribution in [-0.2, 0) is 11.2 Å². The number of nitrogens with zero attached hydrogens (tertiary/aromatic N) is 1. The molecule has 3 nitrogen and oxygen atoms in total. The molecule has 0 spiro atoms. The predicted octanol–water partition coefficient (Wildman–Crippen LogP) is 2.40. The monoisotopic (exact) mass is 249 g/mol. The molecular formula is C15H23NO2. The van der Waals surface area contributed by atoms with Crippen molar-refractivity contribution in [3.8, 4) is 0 Å². The Bertz CT molecular complexity index is 373. The van der Waals surface area contributed by atoms with Crippen molar-refractivity contribution in [2.75, 3.05) is 27.3 Å². The van der Waals surface area contributed by atoms with Gasteiger partial charge in [-0.2, -0.15) is 0 Å². The Hall–Kier alpha value is -1.19. The van der Waals surface area contributed by atoms with E-state index >= 15 is 0 Å². The van der Waals surface area contributed by atoms with Gasteiger partial charge < -0.3 is 4.74 Å². The van der Waals surface area contributed by atoms with Gasteiger partial charge in [0.25, 0.3) is 0 Å². The van der Waals surface area contributed by atoms with Crippen LogP contribution in [0.15, 0.2) is 24.3 Å². The number of hydrogen-bond acceptors (Lipinski definition) is 3. The summed E-state index contributed by atoms with van der Waals surface area (Å²) in [6, 6.07) is 8.11. The second kappa shape index (κ2) is 7.29. The Balaban J connectivity index is 2.58. The molecule has 0 N–H and O–H groups in total. The fourth-order valence-corrected chi connectivity index (χ4v) is 1.77. The lowest BCUT2D eigenvalue weighted by Gasteiger charge is -2.23. The molecule has 3 heteroatoms. The van der Waals surface area contributed by atoms with Crippen LogP contribution in [0.5, 0.6) is 0 Å². The maximum absolute atomic E-state index is 12.1. The summed E-state index contributed by atoms with van der Waals surface area (Å²) in [4.78, 5) is 14.1. The van der Waals surface area contributed by atoms with Crippen molar-refractivity contribution < 1.29 is 9.53 Å². The topological polar surface area (TPSA) is 29.5 Å². The van der Waals surface area contributed by atoms with Crippen LogP contribution in [0.1, 0.15) is 29.8 Å². The largest absolute Gasteiger partial charge is 0.383 e. The molecule has 0 aliphatic rings. The van der Waals surface area contributed by atoms with Gasteiger partial charge in [0.05, 0.1) is 13.2 Å². The number of likely N-dealkylation sites (N-methyl/N-ethyl adjacent to an activating group) is 1. The van der Waals surface area contributed by atoms with Gasteiger partial charge in [-0.05, 0) is 26.0 Å². The third kappa shape index (κ3) is 4.24. The highest BCUT2D eigenvalue weighted by molar-refractivity contribution is 5.97. The summed E-state index contributed by atoms with van der Waals surface area (Å²) in [7, 11) is 3.62. The van der Waals surface area contributed by atoms with Gasteiger partial charge in [-0.15, -0.1) is 0 Å². The number of hydrogen-bond donors (Lipinski definition) is 0. The molecule has 0 radical (unpaired) electrons. The van der Waals surface area contributed by atoms with Gasteiger partial charge in [0.1, 0.15) is 0 Å². The summed E-state index contributed by atoms with van der Waals surface area (Å²) < 4.78 is 5.09. The van der Waals surface area contributed by atoms with Crippen LogP contribution in [0, 0.1) is 0 Å². The average molecular weight is 249 g/mol. The molecule has 1 unspecified atom stereocenters. The van der Waals surface area contributed by atoms with E-state index in [0.717, 1.165) is 12.0 Å². The maximum Gasteiger partial charge on any atom is 0.176 e. The number of ether oxygens (including phenoxy) is 1. The van der Waals surface area contributed by atoms with Gasteiger partial charge in [0.2, 0.25) is 0 Å². The molecule has 18 heavy (non-hydrogen) atoms. The Morgan fingerprint density at radius 2 is 1.94 bits per heavy atom.